The molecule has 0 aliphatic heterocycles. The van der Waals surface area contributed by atoms with Crippen molar-refractivity contribution >= 4 is 38.2 Å². The van der Waals surface area contributed by atoms with E-state index in [9.17, 15) is 19.1 Å². The van der Waals surface area contributed by atoms with E-state index in [2.05, 4.69) is 15.9 Å². The van der Waals surface area contributed by atoms with E-state index in [1.807, 2.05) is 0 Å². The molecule has 2 aromatic rings. The summed E-state index contributed by atoms with van der Waals surface area (Å²) in [7, 11) is -1.54. The van der Waals surface area contributed by atoms with Crippen molar-refractivity contribution in [2.24, 2.45) is 0 Å². The van der Waals surface area contributed by atoms with E-state index in [1.54, 1.807) is 24.3 Å². The van der Waals surface area contributed by atoms with E-state index >= 15 is 0 Å². The van der Waals surface area contributed by atoms with Crippen molar-refractivity contribution in [3.63, 3.8) is 0 Å². The highest BCUT2D eigenvalue weighted by atomic mass is 79.9. The Kier molecular flexibility index (Phi) is 4.98. The van der Waals surface area contributed by atoms with Crippen molar-refractivity contribution < 1.29 is 13.9 Å². The Morgan fingerprint density at radius 1 is 1.14 bits per heavy atom. The lowest BCUT2D eigenvalue weighted by Gasteiger charge is -2.04. The number of non-ortho nitro benzene ring substituents is 1. The molecule has 108 valence electrons. The molecular formula is C14H10BrNO4S. The Bertz CT molecular complexity index is 715. The van der Waals surface area contributed by atoms with Crippen molar-refractivity contribution in [3.05, 3.63) is 68.7 Å². The molecule has 2 rings (SSSR count). The minimum Gasteiger partial charge on any atom is -0.293 e. The van der Waals surface area contributed by atoms with Crippen molar-refractivity contribution in [3.8, 4) is 0 Å². The zero-order chi connectivity index (χ0) is 15.4. The highest BCUT2D eigenvalue weighted by Gasteiger charge is 2.15. The Labute approximate surface area is 131 Å². The first-order valence-electron chi connectivity index (χ1n) is 5.89. The number of carbonyl (C=O) groups is 1. The van der Waals surface area contributed by atoms with Gasteiger partial charge in [-0.25, -0.2) is 0 Å². The van der Waals surface area contributed by atoms with Crippen LogP contribution in [0.3, 0.4) is 0 Å². The van der Waals surface area contributed by atoms with E-state index < -0.39 is 15.7 Å². The van der Waals surface area contributed by atoms with E-state index in [0.717, 1.165) is 0 Å². The number of Topliss-reactive ketones (excluding diaryl/α,β-unsaturated/α-hetero) is 1. The predicted octanol–water partition coefficient (Wildman–Crippen LogP) is 3.35. The van der Waals surface area contributed by atoms with E-state index in [-0.39, 0.29) is 17.2 Å². The van der Waals surface area contributed by atoms with E-state index in [1.165, 1.54) is 24.3 Å². The number of carbonyl (C=O) groups excluding carboxylic acids is 1. The van der Waals surface area contributed by atoms with E-state index in [4.69, 9.17) is 0 Å². The molecule has 5 nitrogen and oxygen atoms in total. The second-order valence-corrected chi connectivity index (χ2v) is 6.45. The van der Waals surface area contributed by atoms with Crippen molar-refractivity contribution in [2.45, 2.75) is 4.90 Å². The Morgan fingerprint density at radius 3 is 2.33 bits per heavy atom. The van der Waals surface area contributed by atoms with Gasteiger partial charge in [0.1, 0.15) is 0 Å². The number of nitro groups is 1. The molecule has 0 saturated heterocycles. The number of benzene rings is 2. The number of rotatable bonds is 5. The van der Waals surface area contributed by atoms with Crippen molar-refractivity contribution in [2.75, 3.05) is 5.75 Å². The van der Waals surface area contributed by atoms with Gasteiger partial charge in [0, 0.05) is 27.1 Å². The molecule has 0 spiro atoms. The van der Waals surface area contributed by atoms with Crippen LogP contribution in [0.4, 0.5) is 5.69 Å². The zero-order valence-corrected chi connectivity index (χ0v) is 13.1. The SMILES string of the molecule is O=C(CS(=O)c1ccc([N+](=O)[O-])cc1)c1ccccc1Br. The van der Waals surface area contributed by atoms with Gasteiger partial charge in [0.25, 0.3) is 5.69 Å². The summed E-state index contributed by atoms with van der Waals surface area (Å²) in [5.74, 6) is -0.417. The molecule has 1 unspecified atom stereocenters. The minimum atomic E-state index is -1.54. The van der Waals surface area contributed by atoms with Crippen LogP contribution in [-0.4, -0.2) is 20.7 Å². The van der Waals surface area contributed by atoms with Crippen LogP contribution in [0.5, 0.6) is 0 Å². The van der Waals surface area contributed by atoms with Gasteiger partial charge in [0.2, 0.25) is 0 Å². The maximum Gasteiger partial charge on any atom is 0.269 e. The Morgan fingerprint density at radius 2 is 1.76 bits per heavy atom. The lowest BCUT2D eigenvalue weighted by molar-refractivity contribution is -0.384. The molecule has 0 fully saturated rings. The summed E-state index contributed by atoms with van der Waals surface area (Å²) in [6.45, 7) is 0. The van der Waals surface area contributed by atoms with Gasteiger partial charge in [-0.1, -0.05) is 34.1 Å². The van der Waals surface area contributed by atoms with Crippen molar-refractivity contribution in [1.29, 1.82) is 0 Å². The van der Waals surface area contributed by atoms with Crippen LogP contribution >= 0.6 is 15.9 Å². The monoisotopic (exact) mass is 367 g/mol. The average molecular weight is 368 g/mol. The predicted molar refractivity (Wildman–Crippen MR) is 82.8 cm³/mol. The summed E-state index contributed by atoms with van der Waals surface area (Å²) in [6.07, 6.45) is 0. The van der Waals surface area contributed by atoms with Gasteiger partial charge in [-0.2, -0.15) is 0 Å². The molecule has 1 atom stereocenters. The third kappa shape index (κ3) is 3.83. The molecule has 0 bridgehead atoms. The van der Waals surface area contributed by atoms with Gasteiger partial charge in [-0.3, -0.25) is 19.1 Å². The first-order chi connectivity index (χ1) is 9.99. The van der Waals surface area contributed by atoms with Crippen LogP contribution in [0, 0.1) is 10.1 Å². The number of hydrogen-bond acceptors (Lipinski definition) is 4. The summed E-state index contributed by atoms with van der Waals surface area (Å²) in [5.41, 5.74) is 0.389. The first-order valence-corrected chi connectivity index (χ1v) is 8.01. The lowest BCUT2D eigenvalue weighted by Crippen LogP contribution is -2.11. The highest BCUT2D eigenvalue weighted by Crippen LogP contribution is 2.19. The maximum atomic E-state index is 12.1. The topological polar surface area (TPSA) is 77.3 Å². The Hall–Kier alpha value is -1.86. The third-order valence-electron chi connectivity index (χ3n) is 2.75. The van der Waals surface area contributed by atoms with Crippen LogP contribution in [0.25, 0.3) is 0 Å². The summed E-state index contributed by atoms with van der Waals surface area (Å²) in [5, 5.41) is 10.6. The molecule has 0 radical (unpaired) electrons. The normalized spacial score (nSPS) is 11.9. The Balaban J connectivity index is 2.13. The first kappa shape index (κ1) is 15.5. The summed E-state index contributed by atoms with van der Waals surface area (Å²) < 4.78 is 12.8. The van der Waals surface area contributed by atoms with Gasteiger partial charge >= 0.3 is 0 Å². The molecule has 21 heavy (non-hydrogen) atoms. The molecule has 0 aromatic heterocycles. The van der Waals surface area contributed by atoms with Gasteiger partial charge < -0.3 is 0 Å². The summed E-state index contributed by atoms with van der Waals surface area (Å²) >= 11 is 3.27. The number of hydrogen-bond donors (Lipinski definition) is 0. The van der Waals surface area contributed by atoms with Crippen LogP contribution in [0.2, 0.25) is 0 Å². The molecule has 0 heterocycles. The average Bonchev–Trinajstić information content (AvgIpc) is 2.47. The van der Waals surface area contributed by atoms with Crippen LogP contribution in [-0.2, 0) is 10.8 Å². The second kappa shape index (κ2) is 6.73. The van der Waals surface area contributed by atoms with Gasteiger partial charge in [0.05, 0.1) is 21.5 Å². The molecule has 0 amide bonds. The number of ketones is 1. The molecule has 0 aliphatic carbocycles. The maximum absolute atomic E-state index is 12.1. The fourth-order valence-corrected chi connectivity index (χ4v) is 3.19. The zero-order valence-electron chi connectivity index (χ0n) is 10.7. The largest absolute Gasteiger partial charge is 0.293 e. The lowest BCUT2D eigenvalue weighted by atomic mass is 10.1. The van der Waals surface area contributed by atoms with Crippen LogP contribution < -0.4 is 0 Å². The quantitative estimate of drug-likeness (QED) is 0.461. The number of halogens is 1. The minimum absolute atomic E-state index is 0.0760. The molecule has 7 heteroatoms. The fraction of sp³-hybridized carbons (Fsp3) is 0.0714. The summed E-state index contributed by atoms with van der Waals surface area (Å²) in [4.78, 5) is 22.5. The number of nitro benzene ring substituents is 1. The highest BCUT2D eigenvalue weighted by molar-refractivity contribution is 9.10. The van der Waals surface area contributed by atoms with E-state index in [0.29, 0.717) is 14.9 Å². The van der Waals surface area contributed by atoms with Crippen LogP contribution in [0.1, 0.15) is 10.4 Å². The molecular weight excluding hydrogens is 358 g/mol. The molecule has 2 aromatic carbocycles. The third-order valence-corrected chi connectivity index (χ3v) is 4.76. The molecule has 0 saturated carbocycles. The van der Waals surface area contributed by atoms with Crippen molar-refractivity contribution in [1.82, 2.24) is 0 Å². The summed E-state index contributed by atoms with van der Waals surface area (Å²) in [6, 6.07) is 12.3. The van der Waals surface area contributed by atoms with Gasteiger partial charge in [-0.15, -0.1) is 0 Å². The van der Waals surface area contributed by atoms with Gasteiger partial charge in [0.15, 0.2) is 5.78 Å². The number of nitrogens with zero attached hydrogens (tertiary/aromatic N) is 1. The van der Waals surface area contributed by atoms with Crippen LogP contribution in [0.15, 0.2) is 57.9 Å². The molecule has 0 N–H and O–H groups in total. The smallest absolute Gasteiger partial charge is 0.269 e. The van der Waals surface area contributed by atoms with Gasteiger partial charge in [-0.05, 0) is 18.2 Å². The standard InChI is InChI=1S/C14H10BrNO4S/c15-13-4-2-1-3-12(13)14(17)9-21(20)11-7-5-10(6-8-11)16(18)19/h1-8H,9H2. The molecule has 0 aliphatic rings. The fourth-order valence-electron chi connectivity index (χ4n) is 1.69. The second-order valence-electron chi connectivity index (χ2n) is 4.14.